The minimum Gasteiger partial charge on any atom is -0.468 e. The van der Waals surface area contributed by atoms with Gasteiger partial charge in [-0.25, -0.2) is 0 Å². The third-order valence-electron chi connectivity index (χ3n) is 3.39. The van der Waals surface area contributed by atoms with E-state index in [4.69, 9.17) is 9.47 Å². The standard InChI is InChI=1S/C12H21NO3/c1-15-12(14)11-5-7-13(11)6-2-8-16-9-10-3-4-10/h10-11H,2-9H2,1H3. The molecule has 0 spiro atoms. The molecule has 0 radical (unpaired) electrons. The van der Waals surface area contributed by atoms with Crippen molar-refractivity contribution < 1.29 is 14.3 Å². The Balaban J connectivity index is 1.50. The van der Waals surface area contributed by atoms with E-state index in [1.807, 2.05) is 0 Å². The Morgan fingerprint density at radius 2 is 2.19 bits per heavy atom. The van der Waals surface area contributed by atoms with E-state index in [9.17, 15) is 4.79 Å². The molecule has 1 unspecified atom stereocenters. The van der Waals surface area contributed by atoms with Crippen LogP contribution in [0.15, 0.2) is 0 Å². The second kappa shape index (κ2) is 5.64. The van der Waals surface area contributed by atoms with Crippen molar-refractivity contribution in [2.75, 3.05) is 33.4 Å². The second-order valence-corrected chi connectivity index (χ2v) is 4.74. The Bertz CT molecular complexity index is 240. The van der Waals surface area contributed by atoms with Crippen LogP contribution in [0, 0.1) is 5.92 Å². The van der Waals surface area contributed by atoms with Crippen molar-refractivity contribution in [3.63, 3.8) is 0 Å². The summed E-state index contributed by atoms with van der Waals surface area (Å²) in [6, 6.07) is 0.00781. The fraction of sp³-hybridized carbons (Fsp3) is 0.917. The zero-order chi connectivity index (χ0) is 11.4. The van der Waals surface area contributed by atoms with Gasteiger partial charge in [-0.3, -0.25) is 9.69 Å². The highest BCUT2D eigenvalue weighted by Crippen LogP contribution is 2.28. The number of methoxy groups -OCH3 is 1. The van der Waals surface area contributed by atoms with Crippen LogP contribution < -0.4 is 0 Å². The van der Waals surface area contributed by atoms with E-state index >= 15 is 0 Å². The molecule has 4 nitrogen and oxygen atoms in total. The van der Waals surface area contributed by atoms with E-state index < -0.39 is 0 Å². The molecule has 2 fully saturated rings. The lowest BCUT2D eigenvalue weighted by atomic mass is 10.0. The van der Waals surface area contributed by atoms with Crippen molar-refractivity contribution in [3.05, 3.63) is 0 Å². The SMILES string of the molecule is COC(=O)C1CCN1CCCOCC1CC1. The van der Waals surface area contributed by atoms with Crippen molar-refractivity contribution in [2.45, 2.75) is 31.7 Å². The summed E-state index contributed by atoms with van der Waals surface area (Å²) in [5.41, 5.74) is 0. The quantitative estimate of drug-likeness (QED) is 0.481. The topological polar surface area (TPSA) is 38.8 Å². The van der Waals surface area contributed by atoms with E-state index in [0.717, 1.165) is 45.1 Å². The summed E-state index contributed by atoms with van der Waals surface area (Å²) in [5, 5.41) is 0. The first-order chi connectivity index (χ1) is 7.81. The summed E-state index contributed by atoms with van der Waals surface area (Å²) < 4.78 is 10.3. The Morgan fingerprint density at radius 1 is 1.38 bits per heavy atom. The first kappa shape index (κ1) is 11.9. The third kappa shape index (κ3) is 3.19. The summed E-state index contributed by atoms with van der Waals surface area (Å²) in [5.74, 6) is 0.747. The van der Waals surface area contributed by atoms with E-state index in [1.165, 1.54) is 20.0 Å². The van der Waals surface area contributed by atoms with Gasteiger partial charge in [0.2, 0.25) is 0 Å². The van der Waals surface area contributed by atoms with Gasteiger partial charge in [-0.1, -0.05) is 0 Å². The molecule has 2 aliphatic rings. The highest BCUT2D eigenvalue weighted by Gasteiger charge is 2.34. The largest absolute Gasteiger partial charge is 0.468 e. The smallest absolute Gasteiger partial charge is 0.323 e. The number of carbonyl (C=O) groups excluding carboxylic acids is 1. The van der Waals surface area contributed by atoms with Crippen LogP contribution in [0.2, 0.25) is 0 Å². The first-order valence-electron chi connectivity index (χ1n) is 6.21. The van der Waals surface area contributed by atoms with Gasteiger partial charge in [-0.05, 0) is 31.6 Å². The lowest BCUT2D eigenvalue weighted by molar-refractivity contribution is -0.152. The molecule has 1 atom stereocenters. The molecule has 0 aromatic carbocycles. The molecular weight excluding hydrogens is 206 g/mol. The van der Waals surface area contributed by atoms with Crippen LogP contribution in [0.1, 0.15) is 25.7 Å². The number of carbonyl (C=O) groups is 1. The Labute approximate surface area is 96.9 Å². The van der Waals surface area contributed by atoms with E-state index in [0.29, 0.717) is 0 Å². The normalized spacial score (nSPS) is 25.2. The number of hydrogen-bond donors (Lipinski definition) is 0. The summed E-state index contributed by atoms with van der Waals surface area (Å²) in [6.07, 6.45) is 4.64. The number of rotatable bonds is 7. The van der Waals surface area contributed by atoms with E-state index in [2.05, 4.69) is 4.90 Å². The van der Waals surface area contributed by atoms with Gasteiger partial charge in [-0.15, -0.1) is 0 Å². The second-order valence-electron chi connectivity index (χ2n) is 4.74. The number of esters is 1. The van der Waals surface area contributed by atoms with Gasteiger partial charge in [0.15, 0.2) is 0 Å². The first-order valence-corrected chi connectivity index (χ1v) is 6.21. The van der Waals surface area contributed by atoms with Crippen LogP contribution in [0.5, 0.6) is 0 Å². The fourth-order valence-electron chi connectivity index (χ4n) is 2.02. The molecule has 0 bridgehead atoms. The van der Waals surface area contributed by atoms with Crippen LogP contribution in [0.4, 0.5) is 0 Å². The predicted octanol–water partition coefficient (Wildman–Crippen LogP) is 1.05. The molecule has 1 saturated heterocycles. The Morgan fingerprint density at radius 3 is 2.75 bits per heavy atom. The monoisotopic (exact) mass is 227 g/mol. The van der Waals surface area contributed by atoms with Gasteiger partial charge < -0.3 is 9.47 Å². The molecule has 1 saturated carbocycles. The molecule has 1 aliphatic heterocycles. The van der Waals surface area contributed by atoms with Crippen molar-refractivity contribution >= 4 is 5.97 Å². The average Bonchev–Trinajstić information content (AvgIpc) is 3.05. The van der Waals surface area contributed by atoms with Gasteiger partial charge in [0.05, 0.1) is 7.11 Å². The molecule has 4 heteroatoms. The van der Waals surface area contributed by atoms with Crippen molar-refractivity contribution in [1.82, 2.24) is 4.90 Å². The van der Waals surface area contributed by atoms with Crippen LogP contribution in [0.3, 0.4) is 0 Å². The maximum absolute atomic E-state index is 11.3. The minimum atomic E-state index is -0.0925. The zero-order valence-corrected chi connectivity index (χ0v) is 9.98. The molecule has 0 amide bonds. The number of likely N-dealkylation sites (tertiary alicyclic amines) is 1. The van der Waals surface area contributed by atoms with Crippen molar-refractivity contribution in [2.24, 2.45) is 5.92 Å². The van der Waals surface area contributed by atoms with Gasteiger partial charge in [0, 0.05) is 26.3 Å². The molecule has 1 aliphatic carbocycles. The lowest BCUT2D eigenvalue weighted by Crippen LogP contribution is -2.53. The summed E-state index contributed by atoms with van der Waals surface area (Å²) in [7, 11) is 1.46. The van der Waals surface area contributed by atoms with Gasteiger partial charge in [0.25, 0.3) is 0 Å². The van der Waals surface area contributed by atoms with Crippen LogP contribution in [-0.2, 0) is 14.3 Å². The maximum atomic E-state index is 11.3. The Kier molecular flexibility index (Phi) is 4.18. The zero-order valence-electron chi connectivity index (χ0n) is 9.98. The average molecular weight is 227 g/mol. The minimum absolute atomic E-state index is 0.00781. The molecule has 0 aromatic heterocycles. The summed E-state index contributed by atoms with van der Waals surface area (Å²) in [6.45, 7) is 3.72. The number of hydrogen-bond acceptors (Lipinski definition) is 4. The molecule has 92 valence electrons. The van der Waals surface area contributed by atoms with Crippen LogP contribution >= 0.6 is 0 Å². The van der Waals surface area contributed by atoms with Crippen molar-refractivity contribution in [3.8, 4) is 0 Å². The van der Waals surface area contributed by atoms with Gasteiger partial charge in [-0.2, -0.15) is 0 Å². The molecular formula is C12H21NO3. The van der Waals surface area contributed by atoms with E-state index in [1.54, 1.807) is 0 Å². The maximum Gasteiger partial charge on any atom is 0.323 e. The van der Waals surface area contributed by atoms with Crippen LogP contribution in [-0.4, -0.2) is 50.3 Å². The molecule has 1 heterocycles. The number of ether oxygens (including phenoxy) is 2. The molecule has 2 rings (SSSR count). The predicted molar refractivity (Wildman–Crippen MR) is 60.2 cm³/mol. The fourth-order valence-corrected chi connectivity index (χ4v) is 2.02. The molecule has 16 heavy (non-hydrogen) atoms. The van der Waals surface area contributed by atoms with Crippen LogP contribution in [0.25, 0.3) is 0 Å². The highest BCUT2D eigenvalue weighted by atomic mass is 16.5. The summed E-state index contributed by atoms with van der Waals surface area (Å²) in [4.78, 5) is 13.5. The van der Waals surface area contributed by atoms with E-state index in [-0.39, 0.29) is 12.0 Å². The van der Waals surface area contributed by atoms with Crippen molar-refractivity contribution in [1.29, 1.82) is 0 Å². The summed E-state index contributed by atoms with van der Waals surface area (Å²) >= 11 is 0. The molecule has 0 aromatic rings. The van der Waals surface area contributed by atoms with Gasteiger partial charge in [0.1, 0.15) is 6.04 Å². The number of nitrogens with zero attached hydrogens (tertiary/aromatic N) is 1. The lowest BCUT2D eigenvalue weighted by Gasteiger charge is -2.38. The molecule has 0 N–H and O–H groups in total. The third-order valence-corrected chi connectivity index (χ3v) is 3.39. The highest BCUT2D eigenvalue weighted by molar-refractivity contribution is 5.76. The Hall–Kier alpha value is -0.610. The van der Waals surface area contributed by atoms with Gasteiger partial charge >= 0.3 is 5.97 Å².